The first-order chi connectivity index (χ1) is 5.80. The van der Waals surface area contributed by atoms with E-state index >= 15 is 0 Å². The van der Waals surface area contributed by atoms with Gasteiger partial charge in [0, 0.05) is 0 Å². The highest BCUT2D eigenvalue weighted by molar-refractivity contribution is 6.83. The normalized spacial score (nSPS) is 13.5. The molecule has 0 rings (SSSR count). The van der Waals surface area contributed by atoms with E-state index in [1.165, 1.54) is 0 Å². The lowest BCUT2D eigenvalue weighted by Gasteiger charge is -2.22. The minimum atomic E-state index is -2.02. The maximum atomic E-state index is 11.3. The molecule has 0 bridgehead atoms. The van der Waals surface area contributed by atoms with Gasteiger partial charge in [-0.15, -0.1) is 0 Å². The number of esters is 1. The Balaban J connectivity index is 4.63. The molecule has 1 atom stereocenters. The molecule has 0 aromatic heterocycles. The predicted molar refractivity (Wildman–Crippen MR) is 51.4 cm³/mol. The molecular formula is C8H16O4Si. The molecule has 0 amide bonds. The maximum absolute atomic E-state index is 11.3. The zero-order valence-corrected chi connectivity index (χ0v) is 9.46. The Hall–Kier alpha value is -0.843. The van der Waals surface area contributed by atoms with E-state index in [1.807, 2.05) is 19.6 Å². The summed E-state index contributed by atoms with van der Waals surface area (Å²) in [6, 6.07) is 0. The lowest BCUT2D eigenvalue weighted by Crippen LogP contribution is -2.39. The maximum Gasteiger partial charge on any atom is 0.317 e. The van der Waals surface area contributed by atoms with Crippen molar-refractivity contribution in [1.29, 1.82) is 0 Å². The molecule has 0 aromatic rings. The standard InChI is InChI=1S/C8H16O4Si/c1-5-12-8(11)6(7(9)10)13(2,3)4/h6H,5H2,1-4H3,(H,9,10). The minimum Gasteiger partial charge on any atom is -0.481 e. The van der Waals surface area contributed by atoms with E-state index in [-0.39, 0.29) is 6.61 Å². The molecule has 0 aromatic carbocycles. The van der Waals surface area contributed by atoms with Crippen molar-refractivity contribution >= 4 is 20.0 Å². The second-order valence-corrected chi connectivity index (χ2v) is 9.20. The number of carboxylic acid groups (broad SMARTS) is 1. The highest BCUT2D eigenvalue weighted by atomic mass is 28.3. The van der Waals surface area contributed by atoms with Crippen LogP contribution in [-0.4, -0.2) is 31.7 Å². The monoisotopic (exact) mass is 204 g/mol. The van der Waals surface area contributed by atoms with Crippen molar-refractivity contribution in [1.82, 2.24) is 0 Å². The van der Waals surface area contributed by atoms with Crippen molar-refractivity contribution in [2.45, 2.75) is 32.1 Å². The molecule has 1 unspecified atom stereocenters. The summed E-state index contributed by atoms with van der Waals surface area (Å²) in [7, 11) is -2.02. The molecule has 0 heterocycles. The molecule has 4 nitrogen and oxygen atoms in total. The number of carbonyl (C=O) groups is 2. The van der Waals surface area contributed by atoms with E-state index in [9.17, 15) is 9.59 Å². The van der Waals surface area contributed by atoms with E-state index in [0.717, 1.165) is 0 Å². The van der Waals surface area contributed by atoms with Crippen LogP contribution in [0.1, 0.15) is 6.92 Å². The van der Waals surface area contributed by atoms with Gasteiger partial charge in [0.05, 0.1) is 14.7 Å². The van der Waals surface area contributed by atoms with Crippen molar-refractivity contribution < 1.29 is 19.4 Å². The molecule has 0 aliphatic heterocycles. The molecular weight excluding hydrogens is 188 g/mol. The van der Waals surface area contributed by atoms with Crippen LogP contribution in [0.5, 0.6) is 0 Å². The predicted octanol–water partition coefficient (Wildman–Crippen LogP) is 1.34. The summed E-state index contributed by atoms with van der Waals surface area (Å²) in [5.74, 6) is -1.67. The van der Waals surface area contributed by atoms with Gasteiger partial charge in [0.1, 0.15) is 5.54 Å². The third-order valence-electron chi connectivity index (χ3n) is 1.64. The Kier molecular flexibility index (Phi) is 4.12. The molecule has 1 N–H and O–H groups in total. The molecule has 5 heteroatoms. The van der Waals surface area contributed by atoms with Crippen LogP contribution in [0.3, 0.4) is 0 Å². The van der Waals surface area contributed by atoms with Gasteiger partial charge in [-0.25, -0.2) is 0 Å². The number of rotatable bonds is 4. The molecule has 0 aliphatic rings. The van der Waals surface area contributed by atoms with Crippen molar-refractivity contribution in [3.63, 3.8) is 0 Å². The quantitative estimate of drug-likeness (QED) is 0.426. The van der Waals surface area contributed by atoms with Gasteiger partial charge in [0.25, 0.3) is 0 Å². The SMILES string of the molecule is CCOC(=O)C(C(=O)O)[Si](C)(C)C. The fourth-order valence-electron chi connectivity index (χ4n) is 1.05. The van der Waals surface area contributed by atoms with E-state index in [1.54, 1.807) is 6.92 Å². The van der Waals surface area contributed by atoms with Crippen molar-refractivity contribution in [2.24, 2.45) is 0 Å². The minimum absolute atomic E-state index is 0.229. The average Bonchev–Trinajstić information content (AvgIpc) is 1.82. The zero-order chi connectivity index (χ0) is 10.6. The Bertz CT molecular complexity index is 207. The summed E-state index contributed by atoms with van der Waals surface area (Å²) >= 11 is 0. The van der Waals surface area contributed by atoms with Crippen LogP contribution < -0.4 is 0 Å². The van der Waals surface area contributed by atoms with Gasteiger partial charge in [0.2, 0.25) is 0 Å². The fraction of sp³-hybridized carbons (Fsp3) is 0.750. The molecule has 76 valence electrons. The largest absolute Gasteiger partial charge is 0.481 e. The molecule has 0 radical (unpaired) electrons. The van der Waals surface area contributed by atoms with Gasteiger partial charge >= 0.3 is 11.9 Å². The lowest BCUT2D eigenvalue weighted by molar-refractivity contribution is -0.151. The van der Waals surface area contributed by atoms with Gasteiger partial charge in [-0.05, 0) is 6.92 Å². The van der Waals surface area contributed by atoms with E-state index in [0.29, 0.717) is 0 Å². The van der Waals surface area contributed by atoms with Crippen LogP contribution in [0.15, 0.2) is 0 Å². The Morgan fingerprint density at radius 1 is 1.38 bits per heavy atom. The molecule has 0 saturated carbocycles. The third kappa shape index (κ3) is 3.58. The van der Waals surface area contributed by atoms with Gasteiger partial charge in [-0.1, -0.05) is 19.6 Å². The van der Waals surface area contributed by atoms with Crippen LogP contribution in [0.25, 0.3) is 0 Å². The summed E-state index contributed by atoms with van der Waals surface area (Å²) in [5.41, 5.74) is -0.951. The van der Waals surface area contributed by atoms with Gasteiger partial charge < -0.3 is 9.84 Å². The van der Waals surface area contributed by atoms with Gasteiger partial charge in [-0.2, -0.15) is 0 Å². The molecule has 0 saturated heterocycles. The van der Waals surface area contributed by atoms with Crippen LogP contribution in [0.2, 0.25) is 25.2 Å². The van der Waals surface area contributed by atoms with Crippen LogP contribution in [-0.2, 0) is 14.3 Å². The van der Waals surface area contributed by atoms with Crippen LogP contribution in [0.4, 0.5) is 0 Å². The number of carboxylic acids is 1. The Labute approximate surface area is 78.9 Å². The molecule has 0 fully saturated rings. The Morgan fingerprint density at radius 3 is 2.08 bits per heavy atom. The summed E-state index contributed by atoms with van der Waals surface area (Å²) in [6.07, 6.45) is 0. The summed E-state index contributed by atoms with van der Waals surface area (Å²) in [6.45, 7) is 7.40. The van der Waals surface area contributed by atoms with E-state index in [2.05, 4.69) is 0 Å². The van der Waals surface area contributed by atoms with E-state index < -0.39 is 25.6 Å². The number of ether oxygens (including phenoxy) is 1. The fourth-order valence-corrected chi connectivity index (χ4v) is 2.58. The first-order valence-electron chi connectivity index (χ1n) is 4.20. The summed E-state index contributed by atoms with van der Waals surface area (Å²) in [4.78, 5) is 22.1. The van der Waals surface area contributed by atoms with Crippen LogP contribution >= 0.6 is 0 Å². The zero-order valence-electron chi connectivity index (χ0n) is 8.46. The van der Waals surface area contributed by atoms with Crippen molar-refractivity contribution in [2.75, 3.05) is 6.61 Å². The van der Waals surface area contributed by atoms with Crippen molar-refractivity contribution in [3.05, 3.63) is 0 Å². The smallest absolute Gasteiger partial charge is 0.317 e. The third-order valence-corrected chi connectivity index (χ3v) is 3.85. The number of hydrogen-bond donors (Lipinski definition) is 1. The first kappa shape index (κ1) is 12.2. The topological polar surface area (TPSA) is 63.6 Å². The second-order valence-electron chi connectivity index (χ2n) is 3.89. The highest BCUT2D eigenvalue weighted by Crippen LogP contribution is 2.23. The summed E-state index contributed by atoms with van der Waals surface area (Å²) < 4.78 is 4.71. The number of aliphatic carboxylic acids is 1. The molecule has 0 spiro atoms. The summed E-state index contributed by atoms with van der Waals surface area (Å²) in [5, 5.41) is 8.84. The first-order valence-corrected chi connectivity index (χ1v) is 7.78. The second kappa shape index (κ2) is 4.41. The lowest BCUT2D eigenvalue weighted by atomic mass is 10.4. The van der Waals surface area contributed by atoms with Gasteiger partial charge in [-0.3, -0.25) is 9.59 Å². The number of carbonyl (C=O) groups excluding carboxylic acids is 1. The van der Waals surface area contributed by atoms with E-state index in [4.69, 9.17) is 9.84 Å². The average molecular weight is 204 g/mol. The Morgan fingerprint density at radius 2 is 1.85 bits per heavy atom. The molecule has 13 heavy (non-hydrogen) atoms. The highest BCUT2D eigenvalue weighted by Gasteiger charge is 2.40. The van der Waals surface area contributed by atoms with Crippen LogP contribution in [0, 0.1) is 0 Å². The molecule has 0 aliphatic carbocycles. The van der Waals surface area contributed by atoms with Gasteiger partial charge in [0.15, 0.2) is 0 Å². The number of hydrogen-bond acceptors (Lipinski definition) is 3. The van der Waals surface area contributed by atoms with Crippen molar-refractivity contribution in [3.8, 4) is 0 Å².